The van der Waals surface area contributed by atoms with Crippen LogP contribution in [0.2, 0.25) is 0 Å². The van der Waals surface area contributed by atoms with E-state index in [2.05, 4.69) is 15.0 Å². The molecule has 2 aliphatic rings. The fourth-order valence-electron chi connectivity index (χ4n) is 2.50. The minimum absolute atomic E-state index is 0. The second-order valence-corrected chi connectivity index (χ2v) is 4.26. The summed E-state index contributed by atoms with van der Waals surface area (Å²) in [4.78, 5) is 0. The molecule has 16 heavy (non-hydrogen) atoms. The van der Waals surface area contributed by atoms with E-state index in [-0.39, 0.29) is 18.1 Å². The number of piperidine rings is 1. The van der Waals surface area contributed by atoms with Crippen LogP contribution in [0.1, 0.15) is 17.7 Å². The minimum Gasteiger partial charge on any atom is -0.364 e. The summed E-state index contributed by atoms with van der Waals surface area (Å²) in [6.07, 6.45) is -2.87. The van der Waals surface area contributed by atoms with Crippen LogP contribution >= 0.6 is 12.4 Å². The van der Waals surface area contributed by atoms with Gasteiger partial charge in [-0.05, 0) is 18.9 Å². The van der Waals surface area contributed by atoms with Gasteiger partial charge in [0.25, 0.3) is 0 Å². The van der Waals surface area contributed by atoms with Gasteiger partial charge >= 0.3 is 6.18 Å². The number of nitrogens with zero attached hydrogens (tertiary/aromatic N) is 1. The molecule has 0 bridgehead atoms. The third kappa shape index (κ3) is 1.43. The lowest BCUT2D eigenvalue weighted by molar-refractivity contribution is -0.138. The Balaban J connectivity index is 0.000000963. The van der Waals surface area contributed by atoms with E-state index in [9.17, 15) is 13.2 Å². The molecule has 2 fully saturated rings. The molecule has 1 aromatic heterocycles. The van der Waals surface area contributed by atoms with Crippen molar-refractivity contribution in [2.45, 2.75) is 18.0 Å². The van der Waals surface area contributed by atoms with Crippen LogP contribution in [0, 0.1) is 5.92 Å². The van der Waals surface area contributed by atoms with E-state index in [1.807, 2.05) is 0 Å². The first-order valence-electron chi connectivity index (χ1n) is 4.77. The number of hydrogen-bond acceptors (Lipinski definition) is 3. The predicted octanol–water partition coefficient (Wildman–Crippen LogP) is 1.98. The van der Waals surface area contributed by atoms with Gasteiger partial charge < -0.3 is 9.84 Å². The van der Waals surface area contributed by atoms with Gasteiger partial charge in [-0.3, -0.25) is 0 Å². The molecule has 7 heteroatoms. The maximum Gasteiger partial charge on any atom is 0.421 e. The molecule has 3 nitrogen and oxygen atoms in total. The largest absolute Gasteiger partial charge is 0.421 e. The van der Waals surface area contributed by atoms with Crippen molar-refractivity contribution in [3.05, 3.63) is 17.5 Å². The van der Waals surface area contributed by atoms with Crippen molar-refractivity contribution in [3.8, 4) is 0 Å². The monoisotopic (exact) mass is 254 g/mol. The summed E-state index contributed by atoms with van der Waals surface area (Å²) in [6, 6.07) is 0. The van der Waals surface area contributed by atoms with Crippen molar-refractivity contribution in [2.75, 3.05) is 13.1 Å². The molecule has 1 aliphatic heterocycles. The second-order valence-electron chi connectivity index (χ2n) is 4.26. The molecule has 1 N–H and O–H groups in total. The molecule has 1 aliphatic carbocycles. The molecule has 2 atom stereocenters. The molecule has 0 radical (unpaired) electrons. The van der Waals surface area contributed by atoms with Gasteiger partial charge in [0.2, 0.25) is 0 Å². The van der Waals surface area contributed by atoms with Crippen molar-refractivity contribution in [2.24, 2.45) is 5.92 Å². The highest BCUT2D eigenvalue weighted by atomic mass is 35.5. The Bertz CT molecular complexity index is 406. The van der Waals surface area contributed by atoms with Gasteiger partial charge in [0.05, 0.1) is 0 Å². The fraction of sp³-hybridized carbons (Fsp3) is 0.667. The lowest BCUT2D eigenvalue weighted by atomic mass is 9.98. The SMILES string of the molecule is Cl.FC(F)(F)c1conc1C12CNCC1C2. The number of nitrogens with one attached hydrogen (secondary N) is 1. The number of fused-ring (bicyclic) bond motifs is 1. The van der Waals surface area contributed by atoms with E-state index in [0.717, 1.165) is 13.0 Å². The van der Waals surface area contributed by atoms with E-state index >= 15 is 0 Å². The Hall–Kier alpha value is -0.750. The highest BCUT2D eigenvalue weighted by molar-refractivity contribution is 5.85. The highest BCUT2D eigenvalue weighted by Gasteiger charge is 2.62. The van der Waals surface area contributed by atoms with Crippen LogP contribution in [-0.4, -0.2) is 18.2 Å². The fourth-order valence-corrected chi connectivity index (χ4v) is 2.50. The first-order valence-corrected chi connectivity index (χ1v) is 4.77. The van der Waals surface area contributed by atoms with Gasteiger partial charge in [-0.15, -0.1) is 12.4 Å². The Morgan fingerprint density at radius 1 is 1.50 bits per heavy atom. The molecule has 0 aromatic carbocycles. The van der Waals surface area contributed by atoms with Crippen LogP contribution in [0.5, 0.6) is 0 Å². The summed E-state index contributed by atoms with van der Waals surface area (Å²) in [7, 11) is 0. The summed E-state index contributed by atoms with van der Waals surface area (Å²) in [5.41, 5.74) is -1.03. The quantitative estimate of drug-likeness (QED) is 0.833. The van der Waals surface area contributed by atoms with Gasteiger partial charge in [-0.1, -0.05) is 5.16 Å². The summed E-state index contributed by atoms with van der Waals surface area (Å²) < 4.78 is 42.3. The molecular weight excluding hydrogens is 245 g/mol. The molecule has 90 valence electrons. The van der Waals surface area contributed by atoms with Crippen LogP contribution < -0.4 is 5.32 Å². The molecule has 0 amide bonds. The molecule has 1 saturated heterocycles. The Morgan fingerprint density at radius 3 is 2.75 bits per heavy atom. The lowest BCUT2D eigenvalue weighted by Gasteiger charge is -2.11. The van der Waals surface area contributed by atoms with E-state index < -0.39 is 17.2 Å². The standard InChI is InChI=1S/C9H9F3N2O.ClH/c10-9(11,12)6-3-15-14-7(6)8-1-5(8)2-13-4-8;/h3,5,13H,1-2,4H2;1H. The van der Waals surface area contributed by atoms with Crippen LogP contribution in [0.15, 0.2) is 10.8 Å². The molecule has 2 heterocycles. The molecule has 3 rings (SSSR count). The second kappa shape index (κ2) is 3.37. The van der Waals surface area contributed by atoms with Crippen molar-refractivity contribution < 1.29 is 17.7 Å². The zero-order valence-electron chi connectivity index (χ0n) is 8.17. The van der Waals surface area contributed by atoms with Gasteiger partial charge in [-0.25, -0.2) is 0 Å². The molecule has 2 unspecified atom stereocenters. The predicted molar refractivity (Wildman–Crippen MR) is 51.4 cm³/mol. The van der Waals surface area contributed by atoms with Gasteiger partial charge in [0, 0.05) is 12.0 Å². The summed E-state index contributed by atoms with van der Waals surface area (Å²) in [6.45, 7) is 1.36. The smallest absolute Gasteiger partial charge is 0.364 e. The highest BCUT2D eigenvalue weighted by Crippen LogP contribution is 2.58. The third-order valence-corrected chi connectivity index (χ3v) is 3.41. The van der Waals surface area contributed by atoms with Crippen LogP contribution in [-0.2, 0) is 11.6 Å². The summed E-state index contributed by atoms with van der Waals surface area (Å²) >= 11 is 0. The van der Waals surface area contributed by atoms with Gasteiger partial charge in [-0.2, -0.15) is 13.2 Å². The van der Waals surface area contributed by atoms with E-state index in [1.54, 1.807) is 0 Å². The number of alkyl halides is 3. The summed E-state index contributed by atoms with van der Waals surface area (Å²) in [5.74, 6) is 0.295. The number of halogens is 4. The molecule has 0 spiro atoms. The Morgan fingerprint density at radius 2 is 2.25 bits per heavy atom. The maximum atomic E-state index is 12.6. The first-order chi connectivity index (χ1) is 7.04. The Kier molecular flexibility index (Phi) is 2.47. The Labute approximate surface area is 95.8 Å². The summed E-state index contributed by atoms with van der Waals surface area (Å²) in [5, 5.41) is 6.62. The van der Waals surface area contributed by atoms with E-state index in [0.29, 0.717) is 18.7 Å². The van der Waals surface area contributed by atoms with E-state index in [4.69, 9.17) is 0 Å². The lowest BCUT2D eigenvalue weighted by Crippen LogP contribution is -2.22. The van der Waals surface area contributed by atoms with Crippen LogP contribution in [0.3, 0.4) is 0 Å². The van der Waals surface area contributed by atoms with Crippen molar-refractivity contribution in [1.82, 2.24) is 10.5 Å². The first kappa shape index (κ1) is 11.7. The van der Waals surface area contributed by atoms with Gasteiger partial charge in [0.15, 0.2) is 0 Å². The van der Waals surface area contributed by atoms with Crippen LogP contribution in [0.25, 0.3) is 0 Å². The minimum atomic E-state index is -4.36. The van der Waals surface area contributed by atoms with Crippen molar-refractivity contribution in [3.63, 3.8) is 0 Å². The average Bonchev–Trinajstić information content (AvgIpc) is 2.62. The average molecular weight is 255 g/mol. The van der Waals surface area contributed by atoms with Crippen LogP contribution in [0.4, 0.5) is 13.2 Å². The zero-order valence-corrected chi connectivity index (χ0v) is 8.99. The van der Waals surface area contributed by atoms with Crippen molar-refractivity contribution >= 4 is 12.4 Å². The van der Waals surface area contributed by atoms with Gasteiger partial charge in [0.1, 0.15) is 17.5 Å². The number of hydrogen-bond donors (Lipinski definition) is 1. The maximum absolute atomic E-state index is 12.6. The topological polar surface area (TPSA) is 38.1 Å². The normalized spacial score (nSPS) is 32.1. The molecule has 1 saturated carbocycles. The zero-order chi connectivity index (χ0) is 10.7. The third-order valence-electron chi connectivity index (χ3n) is 3.41. The molecule has 1 aromatic rings. The van der Waals surface area contributed by atoms with E-state index in [1.165, 1.54) is 0 Å². The number of rotatable bonds is 1. The van der Waals surface area contributed by atoms with Crippen molar-refractivity contribution in [1.29, 1.82) is 0 Å². The molecular formula is C9H10ClF3N2O. The number of aromatic nitrogens is 1.